The molecule has 1 aromatic heterocycles. The number of nitrogens with zero attached hydrogens (tertiary/aromatic N) is 3. The summed E-state index contributed by atoms with van der Waals surface area (Å²) in [5.41, 5.74) is 0.671. The van der Waals surface area contributed by atoms with Crippen LogP contribution in [-0.2, 0) is 6.54 Å². The van der Waals surface area contributed by atoms with Gasteiger partial charge in [0.05, 0.1) is 7.11 Å². The Morgan fingerprint density at radius 1 is 1.00 bits per heavy atom. The van der Waals surface area contributed by atoms with Gasteiger partial charge in [-0.3, -0.25) is 14.4 Å². The molecule has 0 unspecified atom stereocenters. The molecule has 2 saturated heterocycles. The van der Waals surface area contributed by atoms with E-state index in [2.05, 4.69) is 13.8 Å². The van der Waals surface area contributed by atoms with Crippen molar-refractivity contribution in [3.63, 3.8) is 0 Å². The van der Waals surface area contributed by atoms with Crippen LogP contribution in [0.2, 0.25) is 0 Å². The van der Waals surface area contributed by atoms with Crippen LogP contribution in [0.5, 0.6) is 5.75 Å². The zero-order chi connectivity index (χ0) is 24.9. The summed E-state index contributed by atoms with van der Waals surface area (Å²) in [6, 6.07) is 7.80. The average molecular weight is 480 g/mol. The molecule has 0 spiro atoms. The van der Waals surface area contributed by atoms with Gasteiger partial charge in [-0.1, -0.05) is 26.0 Å². The monoisotopic (exact) mass is 479 g/mol. The molecule has 1 aromatic carbocycles. The number of carbonyl (C=O) groups is 2. The number of ether oxygens (including phenoxy) is 1. The number of hydrogen-bond donors (Lipinski definition) is 0. The molecule has 0 radical (unpaired) electrons. The molecule has 2 aliphatic rings. The van der Waals surface area contributed by atoms with Gasteiger partial charge >= 0.3 is 0 Å². The van der Waals surface area contributed by atoms with Crippen molar-refractivity contribution in [3.05, 3.63) is 63.6 Å². The number of benzene rings is 1. The topological polar surface area (TPSA) is 71.8 Å². The number of amides is 2. The van der Waals surface area contributed by atoms with Crippen LogP contribution >= 0.6 is 0 Å². The van der Waals surface area contributed by atoms with Crippen molar-refractivity contribution >= 4 is 11.8 Å². The second kappa shape index (κ2) is 11.1. The van der Waals surface area contributed by atoms with Crippen LogP contribution in [0.25, 0.3) is 0 Å². The van der Waals surface area contributed by atoms with E-state index < -0.39 is 5.43 Å². The largest absolute Gasteiger partial charge is 0.497 e. The number of pyridine rings is 1. The Labute approximate surface area is 207 Å². The van der Waals surface area contributed by atoms with Crippen LogP contribution in [0.4, 0.5) is 0 Å². The minimum atomic E-state index is -0.457. The molecule has 1 atom stereocenters. The maximum atomic E-state index is 13.7. The molecular formula is C28H37N3O4. The zero-order valence-electron chi connectivity index (χ0n) is 21.2. The highest BCUT2D eigenvalue weighted by Crippen LogP contribution is 2.22. The molecule has 2 aliphatic heterocycles. The molecule has 35 heavy (non-hydrogen) atoms. The molecule has 0 saturated carbocycles. The third kappa shape index (κ3) is 5.60. The number of carbonyl (C=O) groups excluding carboxylic acids is 2. The Morgan fingerprint density at radius 2 is 1.71 bits per heavy atom. The maximum absolute atomic E-state index is 13.7. The molecule has 0 N–H and O–H groups in total. The summed E-state index contributed by atoms with van der Waals surface area (Å²) in [5, 5.41) is 0. The summed E-state index contributed by atoms with van der Waals surface area (Å²) in [5.74, 6) is 0.768. The van der Waals surface area contributed by atoms with Gasteiger partial charge in [0.25, 0.3) is 11.8 Å². The highest BCUT2D eigenvalue weighted by Gasteiger charge is 2.31. The fraction of sp³-hybridized carbons (Fsp3) is 0.536. The van der Waals surface area contributed by atoms with E-state index in [9.17, 15) is 14.4 Å². The van der Waals surface area contributed by atoms with Crippen LogP contribution < -0.4 is 10.2 Å². The van der Waals surface area contributed by atoms with E-state index in [0.717, 1.165) is 49.8 Å². The molecule has 7 nitrogen and oxygen atoms in total. The number of rotatable bonds is 6. The predicted molar refractivity (Wildman–Crippen MR) is 136 cm³/mol. The van der Waals surface area contributed by atoms with Crippen molar-refractivity contribution < 1.29 is 14.3 Å². The third-order valence-corrected chi connectivity index (χ3v) is 7.47. The molecule has 2 fully saturated rings. The summed E-state index contributed by atoms with van der Waals surface area (Å²) < 4.78 is 7.15. The standard InChI is InChI=1S/C28H37N3O4/c1-4-22-9-5-6-13-31(22)28(34)25-19-29(17-21-8-7-10-23(16-21)35-3)18-24(26(25)32)27(33)30-14-11-20(2)12-15-30/h7-8,10,16,18-20,22H,4-6,9,11-15,17H2,1-3H3/t22-/m1/s1. The number of methoxy groups -OCH3 is 1. The highest BCUT2D eigenvalue weighted by atomic mass is 16.5. The summed E-state index contributed by atoms with van der Waals surface area (Å²) >= 11 is 0. The Morgan fingerprint density at radius 3 is 2.40 bits per heavy atom. The number of hydrogen-bond acceptors (Lipinski definition) is 4. The van der Waals surface area contributed by atoms with E-state index in [4.69, 9.17) is 4.74 Å². The molecule has 188 valence electrons. The molecule has 0 bridgehead atoms. The lowest BCUT2D eigenvalue weighted by Gasteiger charge is -2.35. The molecular weight excluding hydrogens is 442 g/mol. The predicted octanol–water partition coefficient (Wildman–Crippen LogP) is 4.18. The number of likely N-dealkylation sites (tertiary alicyclic amines) is 2. The van der Waals surface area contributed by atoms with Gasteiger partial charge in [0.1, 0.15) is 16.9 Å². The van der Waals surface area contributed by atoms with Crippen molar-refractivity contribution in [3.8, 4) is 5.75 Å². The quantitative estimate of drug-likeness (QED) is 0.623. The fourth-order valence-electron chi connectivity index (χ4n) is 5.24. The van der Waals surface area contributed by atoms with Crippen molar-refractivity contribution in [1.29, 1.82) is 0 Å². The van der Waals surface area contributed by atoms with E-state index in [1.54, 1.807) is 29.0 Å². The van der Waals surface area contributed by atoms with Gasteiger partial charge in [-0.05, 0) is 62.1 Å². The minimum Gasteiger partial charge on any atom is -0.497 e. The van der Waals surface area contributed by atoms with Crippen LogP contribution in [0, 0.1) is 5.92 Å². The van der Waals surface area contributed by atoms with Crippen LogP contribution in [0.1, 0.15) is 78.7 Å². The first-order chi connectivity index (χ1) is 16.9. The van der Waals surface area contributed by atoms with Crippen molar-refractivity contribution in [2.75, 3.05) is 26.7 Å². The van der Waals surface area contributed by atoms with E-state index >= 15 is 0 Å². The fourth-order valence-corrected chi connectivity index (χ4v) is 5.24. The summed E-state index contributed by atoms with van der Waals surface area (Å²) in [6.45, 7) is 6.61. The van der Waals surface area contributed by atoms with E-state index in [1.807, 2.05) is 29.2 Å². The first-order valence-corrected chi connectivity index (χ1v) is 12.9. The lowest BCUT2D eigenvalue weighted by molar-refractivity contribution is 0.0605. The highest BCUT2D eigenvalue weighted by molar-refractivity contribution is 5.99. The average Bonchev–Trinajstić information content (AvgIpc) is 2.89. The Bertz CT molecular complexity index is 1120. The third-order valence-electron chi connectivity index (χ3n) is 7.47. The van der Waals surface area contributed by atoms with Gasteiger partial charge in [-0.25, -0.2) is 0 Å². The van der Waals surface area contributed by atoms with E-state index in [1.165, 1.54) is 0 Å². The van der Waals surface area contributed by atoms with Crippen LogP contribution in [-0.4, -0.2) is 59.0 Å². The summed E-state index contributed by atoms with van der Waals surface area (Å²) in [4.78, 5) is 44.3. The van der Waals surface area contributed by atoms with Gasteiger partial charge < -0.3 is 19.1 Å². The molecule has 2 amide bonds. The van der Waals surface area contributed by atoms with Gasteiger partial charge in [0.15, 0.2) is 0 Å². The second-order valence-electron chi connectivity index (χ2n) is 9.97. The number of piperidine rings is 2. The SMILES string of the molecule is CC[C@@H]1CCCCN1C(=O)c1cn(Cc2cccc(OC)c2)cc(C(=O)N2CCC(C)CC2)c1=O. The molecule has 2 aromatic rings. The molecule has 3 heterocycles. The Balaban J connectivity index is 1.73. The minimum absolute atomic E-state index is 0.0818. The van der Waals surface area contributed by atoms with Gasteiger partial charge in [-0.15, -0.1) is 0 Å². The summed E-state index contributed by atoms with van der Waals surface area (Å²) in [6.07, 6.45) is 8.92. The smallest absolute Gasteiger partial charge is 0.259 e. The molecule has 7 heteroatoms. The maximum Gasteiger partial charge on any atom is 0.259 e. The Hall–Kier alpha value is -3.09. The normalized spacial score (nSPS) is 19.0. The van der Waals surface area contributed by atoms with Crippen molar-refractivity contribution in [2.24, 2.45) is 5.92 Å². The van der Waals surface area contributed by atoms with Crippen LogP contribution in [0.15, 0.2) is 41.5 Å². The number of aromatic nitrogens is 1. The van der Waals surface area contributed by atoms with E-state index in [0.29, 0.717) is 32.1 Å². The van der Waals surface area contributed by atoms with Gasteiger partial charge in [0, 0.05) is 44.6 Å². The van der Waals surface area contributed by atoms with Crippen molar-refractivity contribution in [1.82, 2.24) is 14.4 Å². The first kappa shape index (κ1) is 25.0. The Kier molecular flexibility index (Phi) is 7.93. The lowest BCUT2D eigenvalue weighted by Crippen LogP contribution is -2.46. The first-order valence-electron chi connectivity index (χ1n) is 12.9. The van der Waals surface area contributed by atoms with Crippen LogP contribution in [0.3, 0.4) is 0 Å². The summed E-state index contributed by atoms with van der Waals surface area (Å²) in [7, 11) is 1.62. The lowest BCUT2D eigenvalue weighted by atomic mass is 9.98. The zero-order valence-corrected chi connectivity index (χ0v) is 21.2. The van der Waals surface area contributed by atoms with Gasteiger partial charge in [-0.2, -0.15) is 0 Å². The second-order valence-corrected chi connectivity index (χ2v) is 9.97. The van der Waals surface area contributed by atoms with Crippen molar-refractivity contribution in [2.45, 2.75) is 65.0 Å². The van der Waals surface area contributed by atoms with Gasteiger partial charge in [0.2, 0.25) is 5.43 Å². The molecule has 4 rings (SSSR count). The molecule has 0 aliphatic carbocycles. The van der Waals surface area contributed by atoms with E-state index in [-0.39, 0.29) is 29.0 Å².